The first-order valence-corrected chi connectivity index (χ1v) is 10.3. The Bertz CT molecular complexity index is 743. The van der Waals surface area contributed by atoms with Crippen molar-refractivity contribution in [3.05, 3.63) is 82.7 Å². The smallest absolute Gasteiger partial charge is 0.306 e. The molecule has 2 aromatic rings. The van der Waals surface area contributed by atoms with Crippen LogP contribution in [0.5, 0.6) is 0 Å². The average Bonchev–Trinajstić information content (AvgIpc) is 2.59. The van der Waals surface area contributed by atoms with E-state index in [0.717, 1.165) is 11.1 Å². The summed E-state index contributed by atoms with van der Waals surface area (Å²) in [6, 6.07) is 16.6. The normalized spacial score (nSPS) is 13.3. The Labute approximate surface area is 151 Å². The van der Waals surface area contributed by atoms with Gasteiger partial charge in [0.2, 0.25) is 0 Å². The lowest BCUT2D eigenvalue weighted by molar-refractivity contribution is 0.229. The number of hydrogen-bond acceptors (Lipinski definition) is 3. The van der Waals surface area contributed by atoms with E-state index in [4.69, 9.17) is 9.05 Å². The van der Waals surface area contributed by atoms with Gasteiger partial charge in [0.25, 0.3) is 0 Å². The Morgan fingerprint density at radius 2 is 1.56 bits per heavy atom. The lowest BCUT2D eigenvalue weighted by Crippen LogP contribution is -2.00. The van der Waals surface area contributed by atoms with Gasteiger partial charge < -0.3 is 9.05 Å². The van der Waals surface area contributed by atoms with Crippen molar-refractivity contribution < 1.29 is 13.6 Å². The molecule has 0 amide bonds. The molecule has 1 atom stereocenters. The summed E-state index contributed by atoms with van der Waals surface area (Å²) in [7, 11) is -3.22. The molecule has 0 heterocycles. The zero-order chi connectivity index (χ0) is 18.3. The first-order chi connectivity index (χ1) is 12.0. The minimum absolute atomic E-state index is 0.00487. The summed E-state index contributed by atoms with van der Waals surface area (Å²) >= 11 is 0. The van der Waals surface area contributed by atoms with Gasteiger partial charge in [-0.25, -0.2) is 0 Å². The Hall–Kier alpha value is -1.67. The van der Waals surface area contributed by atoms with Gasteiger partial charge in [-0.2, -0.15) is 0 Å². The molecule has 0 aliphatic rings. The third kappa shape index (κ3) is 5.40. The van der Waals surface area contributed by atoms with Crippen molar-refractivity contribution >= 4 is 7.60 Å². The molecule has 0 aromatic heterocycles. The van der Waals surface area contributed by atoms with E-state index in [1.54, 1.807) is 5.82 Å². The van der Waals surface area contributed by atoms with Gasteiger partial charge in [-0.1, -0.05) is 54.6 Å². The molecule has 2 aromatic carbocycles. The number of allylic oxidation sites excluding steroid dienone is 1. The summed E-state index contributed by atoms with van der Waals surface area (Å²) in [5.41, 5.74) is 4.80. The summed E-state index contributed by atoms with van der Waals surface area (Å²) in [4.78, 5) is 0. The predicted molar refractivity (Wildman–Crippen MR) is 104 cm³/mol. The topological polar surface area (TPSA) is 35.5 Å². The van der Waals surface area contributed by atoms with Crippen molar-refractivity contribution in [3.63, 3.8) is 0 Å². The maximum atomic E-state index is 12.8. The van der Waals surface area contributed by atoms with Gasteiger partial charge in [0.15, 0.2) is 0 Å². The van der Waals surface area contributed by atoms with Crippen LogP contribution in [0.25, 0.3) is 0 Å². The van der Waals surface area contributed by atoms with E-state index >= 15 is 0 Å². The lowest BCUT2D eigenvalue weighted by Gasteiger charge is -2.18. The Kier molecular flexibility index (Phi) is 7.19. The van der Waals surface area contributed by atoms with Crippen LogP contribution in [0.4, 0.5) is 0 Å². The summed E-state index contributed by atoms with van der Waals surface area (Å²) < 4.78 is 23.5. The maximum Gasteiger partial charge on any atom is 0.353 e. The fourth-order valence-electron chi connectivity index (χ4n) is 2.71. The van der Waals surface area contributed by atoms with Crippen LogP contribution in [-0.4, -0.2) is 13.2 Å². The highest BCUT2D eigenvalue weighted by Gasteiger charge is 2.21. The largest absolute Gasteiger partial charge is 0.353 e. The van der Waals surface area contributed by atoms with Crippen molar-refractivity contribution in [3.8, 4) is 0 Å². The second kappa shape index (κ2) is 9.15. The third-order valence-corrected chi connectivity index (χ3v) is 5.90. The molecule has 0 bridgehead atoms. The molecule has 3 nitrogen and oxygen atoms in total. The van der Waals surface area contributed by atoms with E-state index in [1.807, 2.05) is 38.1 Å². The fourth-order valence-corrected chi connectivity index (χ4v) is 4.06. The molecule has 0 saturated heterocycles. The highest BCUT2D eigenvalue weighted by Crippen LogP contribution is 2.50. The second-order valence-electron chi connectivity index (χ2n) is 5.95. The second-order valence-corrected chi connectivity index (χ2v) is 7.84. The molecule has 4 heteroatoms. The van der Waals surface area contributed by atoms with Crippen molar-refractivity contribution in [2.45, 2.75) is 33.6 Å². The number of aryl methyl sites for hydroxylation is 2. The van der Waals surface area contributed by atoms with E-state index in [0.29, 0.717) is 13.2 Å². The SMILES string of the molecule is CCOP(=O)(/C=C/C(c1ccccc1)c1ccc(C)c(C)c1)OCC. The van der Waals surface area contributed by atoms with E-state index in [9.17, 15) is 4.57 Å². The van der Waals surface area contributed by atoms with Crippen LogP contribution >= 0.6 is 7.60 Å². The molecular weight excluding hydrogens is 331 g/mol. The number of benzene rings is 2. The van der Waals surface area contributed by atoms with Crippen LogP contribution in [0, 0.1) is 13.8 Å². The van der Waals surface area contributed by atoms with Gasteiger partial charge in [0.1, 0.15) is 0 Å². The Morgan fingerprint density at radius 1 is 0.920 bits per heavy atom. The van der Waals surface area contributed by atoms with Crippen molar-refractivity contribution in [2.24, 2.45) is 0 Å². The van der Waals surface area contributed by atoms with E-state index in [2.05, 4.69) is 44.2 Å². The molecule has 0 aliphatic carbocycles. The highest BCUT2D eigenvalue weighted by atomic mass is 31.2. The summed E-state index contributed by atoms with van der Waals surface area (Å²) in [5, 5.41) is 0. The zero-order valence-electron chi connectivity index (χ0n) is 15.4. The molecule has 2 rings (SSSR count). The van der Waals surface area contributed by atoms with Gasteiger partial charge in [0.05, 0.1) is 13.2 Å². The summed E-state index contributed by atoms with van der Waals surface area (Å²) in [5.74, 6) is 1.60. The molecule has 0 radical (unpaired) electrons. The highest BCUT2D eigenvalue weighted by molar-refractivity contribution is 7.57. The first-order valence-electron chi connectivity index (χ1n) is 8.69. The molecular formula is C21H27O3P. The summed E-state index contributed by atoms with van der Waals surface area (Å²) in [6.45, 7) is 8.54. The Balaban J connectivity index is 2.43. The van der Waals surface area contributed by atoms with Crippen LogP contribution in [-0.2, 0) is 13.6 Å². The maximum absolute atomic E-state index is 12.8. The molecule has 134 valence electrons. The van der Waals surface area contributed by atoms with Crippen LogP contribution in [0.1, 0.15) is 42.0 Å². The Morgan fingerprint density at radius 3 is 2.12 bits per heavy atom. The van der Waals surface area contributed by atoms with E-state index < -0.39 is 7.60 Å². The van der Waals surface area contributed by atoms with Crippen LogP contribution in [0.15, 0.2) is 60.4 Å². The van der Waals surface area contributed by atoms with Crippen molar-refractivity contribution in [2.75, 3.05) is 13.2 Å². The minimum Gasteiger partial charge on any atom is -0.306 e. The monoisotopic (exact) mass is 358 g/mol. The van der Waals surface area contributed by atoms with Gasteiger partial charge in [0, 0.05) is 11.7 Å². The molecule has 0 fully saturated rings. The van der Waals surface area contributed by atoms with E-state index in [-0.39, 0.29) is 5.92 Å². The molecule has 1 unspecified atom stereocenters. The molecule has 0 spiro atoms. The van der Waals surface area contributed by atoms with Crippen molar-refractivity contribution in [1.82, 2.24) is 0 Å². The van der Waals surface area contributed by atoms with Crippen LogP contribution < -0.4 is 0 Å². The van der Waals surface area contributed by atoms with Gasteiger partial charge in [-0.3, -0.25) is 4.57 Å². The molecule has 25 heavy (non-hydrogen) atoms. The first kappa shape index (κ1) is 19.7. The average molecular weight is 358 g/mol. The number of rotatable bonds is 8. The fraction of sp³-hybridized carbons (Fsp3) is 0.333. The molecule has 0 aliphatic heterocycles. The standard InChI is InChI=1S/C21H27O3P/c1-5-23-25(22,24-6-2)15-14-21(19-10-8-7-9-11-19)20-13-12-17(3)18(4)16-20/h7-16,21H,5-6H2,1-4H3/b15-14+. The van der Waals surface area contributed by atoms with E-state index in [1.165, 1.54) is 11.1 Å². The van der Waals surface area contributed by atoms with Gasteiger partial charge in [-0.05, 0) is 49.9 Å². The summed E-state index contributed by atoms with van der Waals surface area (Å²) in [6.07, 6.45) is 1.94. The van der Waals surface area contributed by atoms with Crippen molar-refractivity contribution in [1.29, 1.82) is 0 Å². The van der Waals surface area contributed by atoms with Gasteiger partial charge in [-0.15, -0.1) is 0 Å². The van der Waals surface area contributed by atoms with Crippen LogP contribution in [0.2, 0.25) is 0 Å². The van der Waals surface area contributed by atoms with Gasteiger partial charge >= 0.3 is 7.60 Å². The quantitative estimate of drug-likeness (QED) is 0.526. The third-order valence-electron chi connectivity index (χ3n) is 4.13. The number of hydrogen-bond donors (Lipinski definition) is 0. The minimum atomic E-state index is -3.22. The lowest BCUT2D eigenvalue weighted by atomic mass is 9.90. The molecule has 0 N–H and O–H groups in total. The predicted octanol–water partition coefficient (Wildman–Crippen LogP) is 6.22. The van der Waals surface area contributed by atoms with Crippen LogP contribution in [0.3, 0.4) is 0 Å². The zero-order valence-corrected chi connectivity index (χ0v) is 16.3. The molecule has 0 saturated carbocycles.